The van der Waals surface area contributed by atoms with Gasteiger partial charge in [0.1, 0.15) is 11.8 Å². The third-order valence-electron chi connectivity index (χ3n) is 3.79. The van der Waals surface area contributed by atoms with Gasteiger partial charge in [-0.05, 0) is 24.3 Å². The molecule has 132 valence electrons. The van der Waals surface area contributed by atoms with Gasteiger partial charge >= 0.3 is 0 Å². The Labute approximate surface area is 151 Å². The number of amides is 1. The minimum absolute atomic E-state index is 0.182. The molecule has 0 saturated heterocycles. The van der Waals surface area contributed by atoms with Gasteiger partial charge in [-0.1, -0.05) is 24.3 Å². The number of hydrogen-bond donors (Lipinski definition) is 1. The van der Waals surface area contributed by atoms with Crippen LogP contribution < -0.4 is 14.8 Å². The minimum atomic E-state index is -0.497. The molecule has 1 unspecified atom stereocenters. The monoisotopic (exact) mass is 350 g/mol. The summed E-state index contributed by atoms with van der Waals surface area (Å²) in [7, 11) is 3.08. The fourth-order valence-electron chi connectivity index (χ4n) is 2.52. The van der Waals surface area contributed by atoms with Crippen molar-refractivity contribution < 1.29 is 14.3 Å². The summed E-state index contributed by atoms with van der Waals surface area (Å²) in [4.78, 5) is 17.1. The van der Waals surface area contributed by atoms with Gasteiger partial charge in [-0.2, -0.15) is 0 Å². The molecule has 1 N–H and O–H groups in total. The van der Waals surface area contributed by atoms with Gasteiger partial charge in [0, 0.05) is 17.8 Å². The second-order valence-corrected chi connectivity index (χ2v) is 5.36. The van der Waals surface area contributed by atoms with Crippen LogP contribution in [-0.4, -0.2) is 35.3 Å². The molecule has 1 atom stereocenters. The van der Waals surface area contributed by atoms with Crippen LogP contribution in [0.1, 0.15) is 27.8 Å². The highest BCUT2D eigenvalue weighted by atomic mass is 16.5. The Bertz CT molecular complexity index is 869. The number of benzene rings is 1. The van der Waals surface area contributed by atoms with E-state index in [0.29, 0.717) is 17.3 Å². The fourth-order valence-corrected chi connectivity index (χ4v) is 2.52. The number of hydrogen-bond acceptors (Lipinski definition) is 6. The molecule has 0 aliphatic rings. The number of nitrogens with zero attached hydrogens (tertiary/aromatic N) is 3. The standard InChI is InChI=1S/C19H18N4O3/c1-25-16-9-4-3-7-13(16)18(14-8-5-6-12-20-14)21-19(24)15-10-11-17(26-2)23-22-15/h3-12,18H,1-2H3,(H,21,24). The summed E-state index contributed by atoms with van der Waals surface area (Å²) in [5.74, 6) is 0.624. The molecular weight excluding hydrogens is 332 g/mol. The predicted molar refractivity (Wildman–Crippen MR) is 95.1 cm³/mol. The lowest BCUT2D eigenvalue weighted by atomic mass is 10.0. The molecule has 0 aliphatic heterocycles. The number of methoxy groups -OCH3 is 2. The van der Waals surface area contributed by atoms with Crippen LogP contribution in [0, 0.1) is 0 Å². The number of rotatable bonds is 6. The summed E-state index contributed by atoms with van der Waals surface area (Å²) in [5, 5.41) is 10.7. The second kappa shape index (κ2) is 8.06. The number of carbonyl (C=O) groups excluding carboxylic acids is 1. The maximum atomic E-state index is 12.7. The molecule has 26 heavy (non-hydrogen) atoms. The average Bonchev–Trinajstić information content (AvgIpc) is 2.72. The van der Waals surface area contributed by atoms with E-state index in [1.54, 1.807) is 25.4 Å². The highest BCUT2D eigenvalue weighted by Crippen LogP contribution is 2.29. The summed E-state index contributed by atoms with van der Waals surface area (Å²) >= 11 is 0. The first-order valence-corrected chi connectivity index (χ1v) is 7.95. The van der Waals surface area contributed by atoms with Crippen LogP contribution in [0.2, 0.25) is 0 Å². The minimum Gasteiger partial charge on any atom is -0.496 e. The Morgan fingerprint density at radius 2 is 1.77 bits per heavy atom. The zero-order valence-corrected chi connectivity index (χ0v) is 14.4. The molecule has 0 saturated carbocycles. The third kappa shape index (κ3) is 3.77. The van der Waals surface area contributed by atoms with Crippen LogP contribution >= 0.6 is 0 Å². The lowest BCUT2D eigenvalue weighted by Gasteiger charge is -2.20. The lowest BCUT2D eigenvalue weighted by molar-refractivity contribution is 0.0935. The van der Waals surface area contributed by atoms with Gasteiger partial charge in [0.05, 0.1) is 19.9 Å². The van der Waals surface area contributed by atoms with Crippen LogP contribution in [0.25, 0.3) is 0 Å². The molecule has 0 fully saturated rings. The Balaban J connectivity index is 1.94. The highest BCUT2D eigenvalue weighted by molar-refractivity contribution is 5.92. The van der Waals surface area contributed by atoms with E-state index >= 15 is 0 Å². The van der Waals surface area contributed by atoms with Crippen molar-refractivity contribution in [1.29, 1.82) is 0 Å². The number of carbonyl (C=O) groups is 1. The van der Waals surface area contributed by atoms with Gasteiger partial charge in [0.25, 0.3) is 5.91 Å². The van der Waals surface area contributed by atoms with Gasteiger partial charge in [0.2, 0.25) is 5.88 Å². The number of nitrogens with one attached hydrogen (secondary N) is 1. The highest BCUT2D eigenvalue weighted by Gasteiger charge is 2.22. The third-order valence-corrected chi connectivity index (χ3v) is 3.79. The maximum absolute atomic E-state index is 12.7. The molecule has 2 heterocycles. The van der Waals surface area contributed by atoms with Crippen LogP contribution in [0.5, 0.6) is 11.6 Å². The average molecular weight is 350 g/mol. The van der Waals surface area contributed by atoms with Crippen molar-refractivity contribution in [2.45, 2.75) is 6.04 Å². The van der Waals surface area contributed by atoms with Crippen molar-refractivity contribution >= 4 is 5.91 Å². The van der Waals surface area contributed by atoms with Crippen LogP contribution in [0.4, 0.5) is 0 Å². The largest absolute Gasteiger partial charge is 0.496 e. The molecule has 0 aliphatic carbocycles. The van der Waals surface area contributed by atoms with Crippen LogP contribution in [0.3, 0.4) is 0 Å². The quantitative estimate of drug-likeness (QED) is 0.735. The van der Waals surface area contributed by atoms with Crippen molar-refractivity contribution in [1.82, 2.24) is 20.5 Å². The predicted octanol–water partition coefficient (Wildman–Crippen LogP) is 2.41. The number of para-hydroxylation sites is 1. The molecule has 1 amide bonds. The van der Waals surface area contributed by atoms with E-state index in [1.165, 1.54) is 7.11 Å². The second-order valence-electron chi connectivity index (χ2n) is 5.36. The zero-order valence-electron chi connectivity index (χ0n) is 14.4. The van der Waals surface area contributed by atoms with Crippen LogP contribution in [0.15, 0.2) is 60.8 Å². The Kier molecular flexibility index (Phi) is 5.38. The Morgan fingerprint density at radius 3 is 2.42 bits per heavy atom. The van der Waals surface area contributed by atoms with Gasteiger partial charge in [-0.25, -0.2) is 0 Å². The molecule has 3 aromatic rings. The van der Waals surface area contributed by atoms with E-state index in [-0.39, 0.29) is 11.6 Å². The smallest absolute Gasteiger partial charge is 0.272 e. The maximum Gasteiger partial charge on any atom is 0.272 e. The first-order chi connectivity index (χ1) is 12.7. The topological polar surface area (TPSA) is 86.2 Å². The van der Waals surface area contributed by atoms with Gasteiger partial charge in [0.15, 0.2) is 5.69 Å². The molecule has 2 aromatic heterocycles. The SMILES string of the molecule is COc1ccc(C(=O)NC(c2ccccn2)c2ccccc2OC)nn1. The summed E-state index contributed by atoms with van der Waals surface area (Å²) in [6.45, 7) is 0. The molecule has 1 aromatic carbocycles. The first-order valence-electron chi connectivity index (χ1n) is 7.95. The molecule has 0 bridgehead atoms. The van der Waals surface area contributed by atoms with E-state index in [0.717, 1.165) is 5.56 Å². The molecule has 7 nitrogen and oxygen atoms in total. The number of aromatic nitrogens is 3. The van der Waals surface area contributed by atoms with E-state index < -0.39 is 6.04 Å². The van der Waals surface area contributed by atoms with E-state index in [2.05, 4.69) is 20.5 Å². The molecule has 7 heteroatoms. The summed E-state index contributed by atoms with van der Waals surface area (Å²) in [6.07, 6.45) is 1.68. The van der Waals surface area contributed by atoms with Crippen molar-refractivity contribution in [3.63, 3.8) is 0 Å². The fraction of sp³-hybridized carbons (Fsp3) is 0.158. The van der Waals surface area contributed by atoms with Gasteiger partial charge in [-0.15, -0.1) is 10.2 Å². The summed E-state index contributed by atoms with van der Waals surface area (Å²) in [6, 6.07) is 15.6. The first kappa shape index (κ1) is 17.3. The van der Waals surface area contributed by atoms with Gasteiger partial charge in [-0.3, -0.25) is 9.78 Å². The normalized spacial score (nSPS) is 11.5. The summed E-state index contributed by atoms with van der Waals surface area (Å²) < 4.78 is 10.4. The lowest BCUT2D eigenvalue weighted by Crippen LogP contribution is -2.31. The number of pyridine rings is 1. The summed E-state index contributed by atoms with van der Waals surface area (Å²) in [5.41, 5.74) is 1.66. The van der Waals surface area contributed by atoms with E-state index in [4.69, 9.17) is 9.47 Å². The molecular formula is C19H18N4O3. The van der Waals surface area contributed by atoms with E-state index in [9.17, 15) is 4.79 Å². The number of ether oxygens (including phenoxy) is 2. The van der Waals surface area contributed by atoms with Crippen molar-refractivity contribution in [3.8, 4) is 11.6 Å². The van der Waals surface area contributed by atoms with Gasteiger partial charge < -0.3 is 14.8 Å². The Morgan fingerprint density at radius 1 is 0.962 bits per heavy atom. The Hall–Kier alpha value is -3.48. The zero-order chi connectivity index (χ0) is 18.4. The molecule has 3 rings (SSSR count). The van der Waals surface area contributed by atoms with E-state index in [1.807, 2.05) is 42.5 Å². The van der Waals surface area contributed by atoms with Crippen molar-refractivity contribution in [2.24, 2.45) is 0 Å². The van der Waals surface area contributed by atoms with Crippen molar-refractivity contribution in [2.75, 3.05) is 14.2 Å². The molecule has 0 spiro atoms. The van der Waals surface area contributed by atoms with Crippen LogP contribution in [-0.2, 0) is 0 Å². The molecule has 0 radical (unpaired) electrons. The van der Waals surface area contributed by atoms with Crippen molar-refractivity contribution in [3.05, 3.63) is 77.7 Å².